The first-order valence-electron chi connectivity index (χ1n) is 10.2. The third-order valence-corrected chi connectivity index (χ3v) is 6.85. The van der Waals surface area contributed by atoms with Crippen molar-refractivity contribution in [1.82, 2.24) is 15.2 Å². The van der Waals surface area contributed by atoms with Gasteiger partial charge in [0.05, 0.1) is 17.8 Å². The summed E-state index contributed by atoms with van der Waals surface area (Å²) in [4.78, 5) is 19.7. The van der Waals surface area contributed by atoms with Gasteiger partial charge in [-0.1, -0.05) is 30.7 Å². The number of rotatable bonds is 3. The lowest BCUT2D eigenvalue weighted by atomic mass is 9.54. The molecule has 1 spiro atoms. The predicted molar refractivity (Wildman–Crippen MR) is 104 cm³/mol. The van der Waals surface area contributed by atoms with E-state index in [1.54, 1.807) is 0 Å². The van der Waals surface area contributed by atoms with E-state index in [2.05, 4.69) is 27.3 Å². The third-order valence-electron chi connectivity index (χ3n) is 6.85. The molecule has 5 rings (SSSR count). The van der Waals surface area contributed by atoms with Gasteiger partial charge in [0, 0.05) is 36.6 Å². The Balaban J connectivity index is 1.25. The van der Waals surface area contributed by atoms with Crippen molar-refractivity contribution in [1.29, 1.82) is 0 Å². The number of ether oxygens (including phenoxy) is 1. The molecular weight excluding hydrogens is 338 g/mol. The van der Waals surface area contributed by atoms with Crippen molar-refractivity contribution >= 4 is 16.9 Å². The molecule has 1 aromatic carbocycles. The number of benzene rings is 1. The highest BCUT2D eigenvalue weighted by atomic mass is 16.5. The van der Waals surface area contributed by atoms with Crippen molar-refractivity contribution in [2.24, 2.45) is 11.3 Å². The molecule has 3 fully saturated rings. The van der Waals surface area contributed by atoms with Gasteiger partial charge in [0.2, 0.25) is 0 Å². The summed E-state index contributed by atoms with van der Waals surface area (Å²) >= 11 is 0. The SMILES string of the molecule is O=C(NCc1ccc2ccccc2n1)N1CC2(CCC2)C1C1CCOCC1. The number of hydrogen-bond donors (Lipinski definition) is 1. The van der Waals surface area contributed by atoms with Crippen LogP contribution >= 0.6 is 0 Å². The molecule has 1 atom stereocenters. The van der Waals surface area contributed by atoms with E-state index in [0.29, 0.717) is 23.9 Å². The second-order valence-electron chi connectivity index (χ2n) is 8.39. The maximum Gasteiger partial charge on any atom is 0.318 e. The van der Waals surface area contributed by atoms with Crippen molar-refractivity contribution in [3.63, 3.8) is 0 Å². The Labute approximate surface area is 160 Å². The maximum absolute atomic E-state index is 12.9. The zero-order valence-corrected chi connectivity index (χ0v) is 15.7. The molecule has 27 heavy (non-hydrogen) atoms. The third kappa shape index (κ3) is 2.98. The lowest BCUT2D eigenvalue weighted by molar-refractivity contribution is -0.137. The van der Waals surface area contributed by atoms with Gasteiger partial charge < -0.3 is 15.0 Å². The molecule has 142 valence electrons. The standard InChI is InChI=1S/C22H27N3O2/c26-21(23-14-18-7-6-16-4-1-2-5-19(16)24-18)25-15-22(10-3-11-22)20(25)17-8-12-27-13-9-17/h1-2,4-7,17,20H,3,8-15H2,(H,23,26). The average molecular weight is 365 g/mol. The normalized spacial score (nSPS) is 24.4. The number of amides is 2. The largest absolute Gasteiger partial charge is 0.381 e. The number of para-hydroxylation sites is 1. The summed E-state index contributed by atoms with van der Waals surface area (Å²) in [5.74, 6) is 0.595. The summed E-state index contributed by atoms with van der Waals surface area (Å²) in [6.07, 6.45) is 6.05. The first-order chi connectivity index (χ1) is 13.3. The number of aromatic nitrogens is 1. The zero-order chi connectivity index (χ0) is 18.3. The van der Waals surface area contributed by atoms with Gasteiger partial charge in [-0.2, -0.15) is 0 Å². The van der Waals surface area contributed by atoms with Crippen molar-refractivity contribution < 1.29 is 9.53 Å². The number of likely N-dealkylation sites (tertiary alicyclic amines) is 1. The summed E-state index contributed by atoms with van der Waals surface area (Å²) in [6, 6.07) is 12.6. The van der Waals surface area contributed by atoms with Crippen LogP contribution in [0.4, 0.5) is 4.79 Å². The molecule has 5 nitrogen and oxygen atoms in total. The highest BCUT2D eigenvalue weighted by molar-refractivity contribution is 5.79. The predicted octanol–water partition coefficient (Wildman–Crippen LogP) is 3.73. The lowest BCUT2D eigenvalue weighted by Gasteiger charge is -2.64. The molecule has 1 saturated carbocycles. The minimum atomic E-state index is 0.0685. The van der Waals surface area contributed by atoms with Crippen molar-refractivity contribution in [2.75, 3.05) is 19.8 Å². The number of hydrogen-bond acceptors (Lipinski definition) is 3. The van der Waals surface area contributed by atoms with Crippen LogP contribution in [0.1, 0.15) is 37.8 Å². The van der Waals surface area contributed by atoms with E-state index in [-0.39, 0.29) is 6.03 Å². The van der Waals surface area contributed by atoms with E-state index in [4.69, 9.17) is 4.74 Å². The van der Waals surface area contributed by atoms with E-state index in [0.717, 1.165) is 49.2 Å². The molecule has 1 N–H and O–H groups in total. The Hall–Kier alpha value is -2.14. The van der Waals surface area contributed by atoms with Crippen molar-refractivity contribution in [3.05, 3.63) is 42.1 Å². The van der Waals surface area contributed by atoms with E-state index in [9.17, 15) is 4.79 Å². The van der Waals surface area contributed by atoms with Crippen LogP contribution in [0.25, 0.3) is 10.9 Å². The van der Waals surface area contributed by atoms with Crippen LogP contribution in [0.15, 0.2) is 36.4 Å². The number of nitrogens with one attached hydrogen (secondary N) is 1. The average Bonchev–Trinajstić information content (AvgIpc) is 2.65. The Morgan fingerprint density at radius 2 is 2.00 bits per heavy atom. The van der Waals surface area contributed by atoms with Gasteiger partial charge in [0.25, 0.3) is 0 Å². The second kappa shape index (κ2) is 6.79. The summed E-state index contributed by atoms with van der Waals surface area (Å²) in [5, 5.41) is 4.24. The fourth-order valence-corrected chi connectivity index (χ4v) is 5.29. The van der Waals surface area contributed by atoms with Crippen LogP contribution < -0.4 is 5.32 Å². The highest BCUT2D eigenvalue weighted by Crippen LogP contribution is 2.56. The van der Waals surface area contributed by atoms with Gasteiger partial charge in [-0.25, -0.2) is 4.79 Å². The van der Waals surface area contributed by atoms with Gasteiger partial charge in [-0.05, 0) is 43.7 Å². The van der Waals surface area contributed by atoms with Gasteiger partial charge in [-0.15, -0.1) is 0 Å². The molecule has 2 aromatic rings. The van der Waals surface area contributed by atoms with Gasteiger partial charge in [0.15, 0.2) is 0 Å². The summed E-state index contributed by atoms with van der Waals surface area (Å²) < 4.78 is 5.55. The topological polar surface area (TPSA) is 54.5 Å². The molecule has 0 bridgehead atoms. The van der Waals surface area contributed by atoms with Crippen molar-refractivity contribution in [3.8, 4) is 0 Å². The number of nitrogens with zero attached hydrogens (tertiary/aromatic N) is 2. The summed E-state index contributed by atoms with van der Waals surface area (Å²) in [5.41, 5.74) is 2.28. The molecule has 2 saturated heterocycles. The molecule has 3 heterocycles. The van der Waals surface area contributed by atoms with Crippen LogP contribution in [-0.2, 0) is 11.3 Å². The Morgan fingerprint density at radius 3 is 2.78 bits per heavy atom. The molecule has 5 heteroatoms. The highest BCUT2D eigenvalue weighted by Gasteiger charge is 2.59. The van der Waals surface area contributed by atoms with Crippen LogP contribution in [0, 0.1) is 11.3 Å². The van der Waals surface area contributed by atoms with Gasteiger partial charge >= 0.3 is 6.03 Å². The Bertz CT molecular complexity index is 842. The smallest absolute Gasteiger partial charge is 0.318 e. The Kier molecular flexibility index (Phi) is 4.27. The fourth-order valence-electron chi connectivity index (χ4n) is 5.29. The number of carbonyl (C=O) groups is 1. The van der Waals surface area contributed by atoms with E-state index in [1.807, 2.05) is 24.3 Å². The number of pyridine rings is 1. The molecule has 1 unspecified atom stereocenters. The first kappa shape index (κ1) is 17.0. The fraction of sp³-hybridized carbons (Fsp3) is 0.545. The lowest BCUT2D eigenvalue weighted by Crippen LogP contribution is -2.72. The number of fused-ring (bicyclic) bond motifs is 1. The molecule has 0 radical (unpaired) electrons. The van der Waals surface area contributed by atoms with E-state index < -0.39 is 0 Å². The molecule has 3 aliphatic rings. The minimum absolute atomic E-state index is 0.0685. The number of carbonyl (C=O) groups excluding carboxylic acids is 1. The van der Waals surface area contributed by atoms with Crippen LogP contribution in [0.5, 0.6) is 0 Å². The van der Waals surface area contributed by atoms with Gasteiger partial charge in [-0.3, -0.25) is 4.98 Å². The quantitative estimate of drug-likeness (QED) is 0.902. The zero-order valence-electron chi connectivity index (χ0n) is 15.7. The van der Waals surface area contributed by atoms with Crippen LogP contribution in [-0.4, -0.2) is 41.7 Å². The summed E-state index contributed by atoms with van der Waals surface area (Å²) in [7, 11) is 0. The molecule has 2 amide bonds. The molecule has 1 aliphatic carbocycles. The maximum atomic E-state index is 12.9. The van der Waals surface area contributed by atoms with Crippen molar-refractivity contribution in [2.45, 2.75) is 44.7 Å². The molecule has 1 aromatic heterocycles. The van der Waals surface area contributed by atoms with Crippen LogP contribution in [0.2, 0.25) is 0 Å². The van der Waals surface area contributed by atoms with Crippen LogP contribution in [0.3, 0.4) is 0 Å². The minimum Gasteiger partial charge on any atom is -0.381 e. The number of urea groups is 1. The van der Waals surface area contributed by atoms with E-state index in [1.165, 1.54) is 19.3 Å². The van der Waals surface area contributed by atoms with Gasteiger partial charge in [0.1, 0.15) is 0 Å². The van der Waals surface area contributed by atoms with E-state index >= 15 is 0 Å². The molecule has 2 aliphatic heterocycles. The molecular formula is C22H27N3O2. The monoisotopic (exact) mass is 365 g/mol. The summed E-state index contributed by atoms with van der Waals surface area (Å²) in [6.45, 7) is 3.08. The second-order valence-corrected chi connectivity index (χ2v) is 8.39. The Morgan fingerprint density at radius 1 is 1.19 bits per heavy atom. The first-order valence-corrected chi connectivity index (χ1v) is 10.2.